The summed E-state index contributed by atoms with van der Waals surface area (Å²) in [7, 11) is 1.59. The van der Waals surface area contributed by atoms with Gasteiger partial charge in [-0.1, -0.05) is 0 Å². The quantitative estimate of drug-likeness (QED) is 0.873. The number of nitrogens with zero attached hydrogens (tertiary/aromatic N) is 4. The number of methoxy groups -OCH3 is 1. The number of nitrogens with one attached hydrogen (secondary N) is 1. The van der Waals surface area contributed by atoms with E-state index in [9.17, 15) is 13.2 Å². The van der Waals surface area contributed by atoms with Crippen molar-refractivity contribution in [3.63, 3.8) is 0 Å². The molecule has 2 aromatic rings. The molecular weight excluding hydrogens is 337 g/mol. The number of alkyl halides is 3. The average Bonchev–Trinajstić information content (AvgIpc) is 3.11. The first-order valence-electron chi connectivity index (χ1n) is 8.08. The van der Waals surface area contributed by atoms with E-state index in [4.69, 9.17) is 10.5 Å². The molecule has 0 amide bonds. The van der Waals surface area contributed by atoms with Crippen LogP contribution in [0.2, 0.25) is 0 Å². The fraction of sp³-hybridized carbons (Fsp3) is 0.667. The molecular formula is C15H21F3N6O. The first kappa shape index (κ1) is 17.9. The van der Waals surface area contributed by atoms with Crippen molar-refractivity contribution in [1.82, 2.24) is 25.0 Å². The molecule has 1 fully saturated rings. The van der Waals surface area contributed by atoms with Crippen LogP contribution in [-0.2, 0) is 11.3 Å². The lowest BCUT2D eigenvalue weighted by atomic mass is 9.83. The number of halogens is 3. The molecule has 25 heavy (non-hydrogen) atoms. The van der Waals surface area contributed by atoms with E-state index in [2.05, 4.69) is 20.3 Å². The van der Waals surface area contributed by atoms with Crippen molar-refractivity contribution in [3.05, 3.63) is 17.7 Å². The van der Waals surface area contributed by atoms with Gasteiger partial charge in [0.25, 0.3) is 0 Å². The Morgan fingerprint density at radius 3 is 2.72 bits per heavy atom. The lowest BCUT2D eigenvalue weighted by molar-refractivity contribution is -0.143. The van der Waals surface area contributed by atoms with Crippen LogP contribution < -0.4 is 5.73 Å². The van der Waals surface area contributed by atoms with Crippen molar-refractivity contribution in [3.8, 4) is 11.4 Å². The third kappa shape index (κ3) is 3.84. The number of aromatic nitrogens is 5. The van der Waals surface area contributed by atoms with Crippen LogP contribution in [0.25, 0.3) is 11.4 Å². The van der Waals surface area contributed by atoms with Gasteiger partial charge in [-0.15, -0.1) is 0 Å². The maximum absolute atomic E-state index is 13.0. The molecule has 0 bridgehead atoms. The maximum Gasteiger partial charge on any atom is 0.408 e. The SMILES string of the molecule is CO[C@@H]1CC[C@H](c2nc(-c3cn[nH]c3C)nn2CC(F)(F)F)C[C@H]1N. The topological polar surface area (TPSA) is 94.6 Å². The largest absolute Gasteiger partial charge is 0.408 e. The summed E-state index contributed by atoms with van der Waals surface area (Å²) in [5.41, 5.74) is 7.40. The Hall–Kier alpha value is -1.94. The van der Waals surface area contributed by atoms with Gasteiger partial charge in [0, 0.05) is 24.8 Å². The summed E-state index contributed by atoms with van der Waals surface area (Å²) in [6, 6.07) is -0.237. The number of hydrogen-bond acceptors (Lipinski definition) is 5. The minimum Gasteiger partial charge on any atom is -0.380 e. The van der Waals surface area contributed by atoms with Crippen LogP contribution in [0.4, 0.5) is 13.2 Å². The second kappa shape index (κ2) is 6.75. The third-order valence-corrected chi connectivity index (χ3v) is 4.60. The third-order valence-electron chi connectivity index (χ3n) is 4.60. The van der Waals surface area contributed by atoms with Gasteiger partial charge < -0.3 is 10.5 Å². The van der Waals surface area contributed by atoms with Gasteiger partial charge in [-0.3, -0.25) is 5.10 Å². The zero-order valence-corrected chi connectivity index (χ0v) is 14.0. The van der Waals surface area contributed by atoms with E-state index in [-0.39, 0.29) is 23.9 Å². The highest BCUT2D eigenvalue weighted by Gasteiger charge is 2.35. The maximum atomic E-state index is 13.0. The summed E-state index contributed by atoms with van der Waals surface area (Å²) in [6.45, 7) is 0.595. The highest BCUT2D eigenvalue weighted by atomic mass is 19.4. The van der Waals surface area contributed by atoms with Crippen LogP contribution in [-0.4, -0.2) is 50.4 Å². The van der Waals surface area contributed by atoms with Gasteiger partial charge in [-0.2, -0.15) is 23.4 Å². The molecule has 3 rings (SSSR count). The van der Waals surface area contributed by atoms with Gasteiger partial charge >= 0.3 is 6.18 Å². The van der Waals surface area contributed by atoms with Gasteiger partial charge in [0.15, 0.2) is 5.82 Å². The Morgan fingerprint density at radius 2 is 2.16 bits per heavy atom. The molecule has 0 radical (unpaired) electrons. The zero-order valence-electron chi connectivity index (χ0n) is 14.0. The van der Waals surface area contributed by atoms with Crippen LogP contribution in [0, 0.1) is 6.92 Å². The molecule has 0 aliphatic heterocycles. The number of aryl methyl sites for hydroxylation is 1. The Morgan fingerprint density at radius 1 is 1.40 bits per heavy atom. The molecule has 7 nitrogen and oxygen atoms in total. The molecule has 138 valence electrons. The van der Waals surface area contributed by atoms with Gasteiger partial charge in [0.2, 0.25) is 0 Å². The summed E-state index contributed by atoms with van der Waals surface area (Å²) in [6.07, 6.45) is -1.09. The molecule has 2 aromatic heterocycles. The van der Waals surface area contributed by atoms with E-state index < -0.39 is 12.7 Å². The summed E-state index contributed by atoms with van der Waals surface area (Å²) in [4.78, 5) is 4.40. The molecule has 1 aliphatic rings. The Bertz CT molecular complexity index is 725. The van der Waals surface area contributed by atoms with Crippen molar-refractivity contribution in [2.75, 3.05) is 7.11 Å². The minimum atomic E-state index is -4.38. The fourth-order valence-electron chi connectivity index (χ4n) is 3.34. The Kier molecular flexibility index (Phi) is 4.83. The molecule has 0 aromatic carbocycles. The second-order valence-corrected chi connectivity index (χ2v) is 6.42. The number of H-pyrrole nitrogens is 1. The first-order chi connectivity index (χ1) is 11.8. The number of ether oxygens (including phenoxy) is 1. The molecule has 3 N–H and O–H groups in total. The van der Waals surface area contributed by atoms with Crippen molar-refractivity contribution in [2.45, 2.75) is 57.0 Å². The molecule has 2 heterocycles. The van der Waals surface area contributed by atoms with Crippen LogP contribution in [0.3, 0.4) is 0 Å². The summed E-state index contributed by atoms with van der Waals surface area (Å²) < 4.78 is 45.2. The number of nitrogens with two attached hydrogens (primary N) is 1. The van der Waals surface area contributed by atoms with E-state index >= 15 is 0 Å². The molecule has 3 atom stereocenters. The fourth-order valence-corrected chi connectivity index (χ4v) is 3.34. The van der Waals surface area contributed by atoms with Crippen molar-refractivity contribution >= 4 is 0 Å². The van der Waals surface area contributed by atoms with Gasteiger partial charge in [-0.05, 0) is 26.2 Å². The van der Waals surface area contributed by atoms with E-state index in [1.807, 2.05) is 0 Å². The van der Waals surface area contributed by atoms with Crippen molar-refractivity contribution < 1.29 is 17.9 Å². The standard InChI is InChI=1S/C15H21F3N6O/c1-8-10(6-20-22-8)13-21-14(24(23-13)7-15(16,17)18)9-3-4-12(25-2)11(19)5-9/h6,9,11-12H,3-5,7,19H2,1-2H3,(H,20,22)/t9-,11+,12+/m0/s1. The number of rotatable bonds is 4. The number of aromatic amines is 1. The predicted octanol–water partition coefficient (Wildman–Crippen LogP) is 2.15. The van der Waals surface area contributed by atoms with Crippen LogP contribution >= 0.6 is 0 Å². The first-order valence-corrected chi connectivity index (χ1v) is 8.08. The van der Waals surface area contributed by atoms with Crippen LogP contribution in [0.1, 0.15) is 36.7 Å². The molecule has 0 unspecified atom stereocenters. The summed E-state index contributed by atoms with van der Waals surface area (Å²) in [5.74, 6) is 0.378. The molecule has 1 aliphatic carbocycles. The zero-order chi connectivity index (χ0) is 18.2. The average molecular weight is 358 g/mol. The van der Waals surface area contributed by atoms with E-state index in [1.54, 1.807) is 14.0 Å². The number of hydrogen-bond donors (Lipinski definition) is 2. The van der Waals surface area contributed by atoms with E-state index in [1.165, 1.54) is 6.20 Å². The van der Waals surface area contributed by atoms with E-state index in [0.717, 1.165) is 4.68 Å². The highest BCUT2D eigenvalue weighted by Crippen LogP contribution is 2.34. The minimum absolute atomic E-state index is 0.0779. The Balaban J connectivity index is 1.94. The smallest absolute Gasteiger partial charge is 0.380 e. The van der Waals surface area contributed by atoms with E-state index in [0.29, 0.717) is 36.3 Å². The van der Waals surface area contributed by atoms with Crippen molar-refractivity contribution in [1.29, 1.82) is 0 Å². The molecule has 0 saturated heterocycles. The summed E-state index contributed by atoms with van der Waals surface area (Å²) >= 11 is 0. The molecule has 10 heteroatoms. The second-order valence-electron chi connectivity index (χ2n) is 6.42. The summed E-state index contributed by atoms with van der Waals surface area (Å²) in [5, 5.41) is 10.7. The normalized spacial score (nSPS) is 24.6. The van der Waals surface area contributed by atoms with Crippen LogP contribution in [0.15, 0.2) is 6.20 Å². The van der Waals surface area contributed by atoms with Crippen molar-refractivity contribution in [2.24, 2.45) is 5.73 Å². The predicted molar refractivity (Wildman–Crippen MR) is 83.8 cm³/mol. The molecule has 1 saturated carbocycles. The van der Waals surface area contributed by atoms with Gasteiger partial charge in [0.1, 0.15) is 12.4 Å². The Labute approximate surface area is 142 Å². The van der Waals surface area contributed by atoms with Gasteiger partial charge in [0.05, 0.1) is 17.9 Å². The van der Waals surface area contributed by atoms with Gasteiger partial charge in [-0.25, -0.2) is 9.67 Å². The highest BCUT2D eigenvalue weighted by molar-refractivity contribution is 5.56. The monoisotopic (exact) mass is 358 g/mol. The lowest BCUT2D eigenvalue weighted by Crippen LogP contribution is -2.41. The lowest BCUT2D eigenvalue weighted by Gasteiger charge is -2.32. The molecule has 0 spiro atoms. The van der Waals surface area contributed by atoms with Crippen LogP contribution in [0.5, 0.6) is 0 Å².